The molecule has 0 bridgehead atoms. The van der Waals surface area contributed by atoms with Gasteiger partial charge < -0.3 is 36.6 Å². The van der Waals surface area contributed by atoms with Crippen LogP contribution in [-0.4, -0.2) is 85.7 Å². The van der Waals surface area contributed by atoms with Crippen molar-refractivity contribution < 1.29 is 44.7 Å². The summed E-state index contributed by atoms with van der Waals surface area (Å²) in [5.41, 5.74) is 1.08. The van der Waals surface area contributed by atoms with E-state index in [-0.39, 0.29) is 16.8 Å². The van der Waals surface area contributed by atoms with Crippen molar-refractivity contribution in [2.75, 3.05) is 19.4 Å². The van der Waals surface area contributed by atoms with Gasteiger partial charge in [0.1, 0.15) is 22.8 Å². The minimum Gasteiger partial charge on any atom is -0.508 e. The van der Waals surface area contributed by atoms with Crippen LogP contribution in [0, 0.1) is 11.8 Å². The van der Waals surface area contributed by atoms with E-state index in [9.17, 15) is 44.7 Å². The Labute approximate surface area is 205 Å². The third-order valence-electron chi connectivity index (χ3n) is 7.42. The van der Waals surface area contributed by atoms with Crippen LogP contribution in [0.25, 0.3) is 5.76 Å². The number of nitrogens with zero attached hydrogens (tertiary/aromatic N) is 1. The molecule has 8 N–H and O–H groups in total. The Morgan fingerprint density at radius 2 is 1.75 bits per heavy atom. The van der Waals surface area contributed by atoms with Gasteiger partial charge in [-0.1, -0.05) is 6.92 Å². The Morgan fingerprint density at radius 3 is 2.28 bits per heavy atom. The smallest absolute Gasteiger partial charge is 0.255 e. The molecular formula is C24H27N3O9. The normalized spacial score (nSPS) is 31.7. The number of phenols is 1. The van der Waals surface area contributed by atoms with Gasteiger partial charge in [0, 0.05) is 24.1 Å². The Morgan fingerprint density at radius 1 is 1.14 bits per heavy atom. The first-order valence-corrected chi connectivity index (χ1v) is 11.1. The largest absolute Gasteiger partial charge is 0.508 e. The summed E-state index contributed by atoms with van der Waals surface area (Å²) in [6, 6.07) is 1.15. The number of aromatic hydroxyl groups is 1. The van der Waals surface area contributed by atoms with E-state index in [4.69, 9.17) is 5.73 Å². The van der Waals surface area contributed by atoms with E-state index in [0.29, 0.717) is 0 Å². The van der Waals surface area contributed by atoms with E-state index in [0.717, 1.165) is 0 Å². The minimum atomic E-state index is -2.98. The number of carbonyl (C=O) groups excluding carboxylic acids is 4. The monoisotopic (exact) mass is 501 g/mol. The highest BCUT2D eigenvalue weighted by atomic mass is 16.4. The molecule has 6 atom stereocenters. The molecule has 1 fully saturated rings. The molecule has 12 heteroatoms. The molecule has 1 aromatic carbocycles. The average Bonchev–Trinajstić information content (AvgIpc) is 2.76. The lowest BCUT2D eigenvalue weighted by Crippen LogP contribution is -2.70. The number of hydrogen-bond acceptors (Lipinski definition) is 10. The summed E-state index contributed by atoms with van der Waals surface area (Å²) in [6.07, 6.45) is -1.71. The highest BCUT2D eigenvalue weighted by molar-refractivity contribution is 6.24. The van der Waals surface area contributed by atoms with Crippen LogP contribution in [0.4, 0.5) is 5.69 Å². The maximum atomic E-state index is 13.8. The number of aliphatic hydroxyl groups is 4. The fourth-order valence-electron chi connectivity index (χ4n) is 6.00. The molecule has 0 saturated heterocycles. The van der Waals surface area contributed by atoms with Crippen molar-refractivity contribution in [3.8, 4) is 5.75 Å². The number of aliphatic hydroxyl groups excluding tert-OH is 3. The van der Waals surface area contributed by atoms with Crippen LogP contribution in [0.15, 0.2) is 29.0 Å². The van der Waals surface area contributed by atoms with Crippen molar-refractivity contribution in [1.29, 1.82) is 0 Å². The van der Waals surface area contributed by atoms with Gasteiger partial charge in [-0.15, -0.1) is 0 Å². The van der Waals surface area contributed by atoms with Crippen LogP contribution < -0.4 is 11.1 Å². The van der Waals surface area contributed by atoms with Gasteiger partial charge in [0.05, 0.1) is 23.6 Å². The van der Waals surface area contributed by atoms with Gasteiger partial charge in [-0.25, -0.2) is 0 Å². The van der Waals surface area contributed by atoms with Gasteiger partial charge >= 0.3 is 0 Å². The number of nitrogens with one attached hydrogen (secondary N) is 1. The minimum absolute atomic E-state index is 0.197. The molecule has 192 valence electrons. The molecule has 0 heterocycles. The molecule has 0 aliphatic heterocycles. The molecule has 0 aromatic heterocycles. The highest BCUT2D eigenvalue weighted by Crippen LogP contribution is 2.57. The molecule has 2 amide bonds. The summed E-state index contributed by atoms with van der Waals surface area (Å²) in [5.74, 6) is -10.3. The van der Waals surface area contributed by atoms with E-state index < -0.39 is 87.3 Å². The van der Waals surface area contributed by atoms with Crippen LogP contribution in [-0.2, 0) is 19.2 Å². The highest BCUT2D eigenvalue weighted by Gasteiger charge is 2.68. The van der Waals surface area contributed by atoms with Crippen molar-refractivity contribution in [2.45, 2.75) is 37.5 Å². The number of primary amides is 1. The van der Waals surface area contributed by atoms with Crippen molar-refractivity contribution in [1.82, 2.24) is 4.90 Å². The maximum absolute atomic E-state index is 13.8. The number of phenolic OH excluding ortho intramolecular Hbond substituents is 1. The zero-order chi connectivity index (χ0) is 27.0. The molecule has 3 aliphatic rings. The number of anilines is 1. The number of rotatable bonds is 3. The standard InChI is InChI=1S/C24H27N3O9/c1-7-11-9(26-8(2)28)5-6-10(29)13(11)18(30)14-12(7)19(31)16-17(27(3)4)20(32)15(23(25)35)22(34)24(16,36)21(14)33/h5-7,12,16-17,19,29-31,34,36H,1-4H3,(H2,25,35)(H,26,28)/t7-,12+,16+,17?,19-,24-/m0/s1. The van der Waals surface area contributed by atoms with Crippen LogP contribution in [0.5, 0.6) is 5.75 Å². The summed E-state index contributed by atoms with van der Waals surface area (Å²) in [4.78, 5) is 52.1. The van der Waals surface area contributed by atoms with Gasteiger partial charge in [-0.2, -0.15) is 0 Å². The summed E-state index contributed by atoms with van der Waals surface area (Å²) >= 11 is 0. The van der Waals surface area contributed by atoms with E-state index in [2.05, 4.69) is 5.32 Å². The van der Waals surface area contributed by atoms with Gasteiger partial charge in [-0.3, -0.25) is 24.1 Å². The molecule has 0 spiro atoms. The van der Waals surface area contributed by atoms with Crippen LogP contribution in [0.1, 0.15) is 30.9 Å². The van der Waals surface area contributed by atoms with Gasteiger partial charge in [0.25, 0.3) is 5.91 Å². The second-order valence-electron chi connectivity index (χ2n) is 9.65. The summed E-state index contributed by atoms with van der Waals surface area (Å²) in [6.45, 7) is 2.84. The van der Waals surface area contributed by atoms with E-state index in [1.54, 1.807) is 6.92 Å². The molecule has 0 radical (unpaired) electrons. The van der Waals surface area contributed by atoms with Crippen LogP contribution in [0.2, 0.25) is 0 Å². The Bertz CT molecular complexity index is 1300. The molecule has 1 unspecified atom stereocenters. The SMILES string of the molecule is CC(=O)Nc1ccc(O)c2c1[C@H](C)[C@@H]1C(=C2O)C(=O)[C@]2(O)C(O)=C(C(N)=O)C(=O)C(N(C)C)[C@@H]2[C@H]1O. The number of benzene rings is 1. The number of hydrogen-bond donors (Lipinski definition) is 7. The van der Waals surface area contributed by atoms with Crippen molar-refractivity contribution in [2.24, 2.45) is 17.6 Å². The predicted molar refractivity (Wildman–Crippen MR) is 125 cm³/mol. The molecule has 1 aromatic rings. The molecule has 12 nitrogen and oxygen atoms in total. The number of ketones is 2. The third kappa shape index (κ3) is 3.11. The quantitative estimate of drug-likeness (QED) is 0.207. The fourth-order valence-corrected chi connectivity index (χ4v) is 6.00. The van der Waals surface area contributed by atoms with Crippen molar-refractivity contribution in [3.05, 3.63) is 40.2 Å². The summed E-state index contributed by atoms with van der Waals surface area (Å²) in [7, 11) is 2.85. The summed E-state index contributed by atoms with van der Waals surface area (Å²) < 4.78 is 0. The predicted octanol–water partition coefficient (Wildman–Crippen LogP) is -0.546. The Hall–Kier alpha value is -3.74. The van der Waals surface area contributed by atoms with Gasteiger partial charge in [0.2, 0.25) is 11.7 Å². The first kappa shape index (κ1) is 25.4. The molecule has 36 heavy (non-hydrogen) atoms. The number of Topliss-reactive ketones (excluding diaryl/α,β-unsaturated/α-hetero) is 2. The number of carbonyl (C=O) groups is 4. The van der Waals surface area contributed by atoms with Crippen LogP contribution in [0.3, 0.4) is 0 Å². The zero-order valence-corrected chi connectivity index (χ0v) is 19.9. The molecule has 3 aliphatic carbocycles. The topological polar surface area (TPSA) is 211 Å². The molecular weight excluding hydrogens is 474 g/mol. The zero-order valence-electron chi connectivity index (χ0n) is 19.9. The maximum Gasteiger partial charge on any atom is 0.255 e. The average molecular weight is 501 g/mol. The van der Waals surface area contributed by atoms with E-state index in [1.165, 1.54) is 38.1 Å². The Balaban J connectivity index is 2.07. The second kappa shape index (κ2) is 8.15. The van der Waals surface area contributed by atoms with E-state index >= 15 is 0 Å². The van der Waals surface area contributed by atoms with Crippen molar-refractivity contribution in [3.63, 3.8) is 0 Å². The van der Waals surface area contributed by atoms with E-state index in [1.807, 2.05) is 0 Å². The molecule has 4 rings (SSSR count). The fraction of sp³-hybridized carbons (Fsp3) is 0.417. The summed E-state index contributed by atoms with van der Waals surface area (Å²) in [5, 5.41) is 58.4. The van der Waals surface area contributed by atoms with Gasteiger partial charge in [-0.05, 0) is 37.7 Å². The first-order valence-electron chi connectivity index (χ1n) is 11.1. The molecule has 1 saturated carbocycles. The lowest BCUT2D eigenvalue weighted by atomic mass is 9.54. The van der Waals surface area contributed by atoms with Gasteiger partial charge in [0.15, 0.2) is 11.4 Å². The lowest BCUT2D eigenvalue weighted by Gasteiger charge is -2.53. The number of amides is 2. The number of nitrogens with two attached hydrogens (primary N) is 1. The Kier molecular flexibility index (Phi) is 5.74. The number of likely N-dealkylation sites (N-methyl/N-ethyl adjacent to an activating group) is 1. The first-order chi connectivity index (χ1) is 16.7. The van der Waals surface area contributed by atoms with Crippen LogP contribution >= 0.6 is 0 Å². The number of fused-ring (bicyclic) bond motifs is 3. The second-order valence-corrected chi connectivity index (χ2v) is 9.65. The van der Waals surface area contributed by atoms with Crippen molar-refractivity contribution >= 4 is 34.8 Å². The third-order valence-corrected chi connectivity index (χ3v) is 7.42. The lowest BCUT2D eigenvalue weighted by molar-refractivity contribution is -0.169.